The summed E-state index contributed by atoms with van der Waals surface area (Å²) in [5.41, 5.74) is 2.75. The number of nitrogens with zero attached hydrogens (tertiary/aromatic N) is 2. The fourth-order valence-electron chi connectivity index (χ4n) is 2.04. The molecule has 0 radical (unpaired) electrons. The van der Waals surface area contributed by atoms with Crippen LogP contribution in [0.3, 0.4) is 0 Å². The Morgan fingerprint density at radius 2 is 2.20 bits per heavy atom. The molecule has 1 aromatic heterocycles. The zero-order valence-corrected chi connectivity index (χ0v) is 14.0. The number of halogens is 2. The number of aryl methyl sites for hydroxylation is 2. The Morgan fingerprint density at radius 1 is 1.45 bits per heavy atom. The molecule has 0 aliphatic heterocycles. The van der Waals surface area contributed by atoms with E-state index >= 15 is 0 Å². The number of ether oxygens (including phenoxy) is 1. The number of aromatic nitrogens is 2. The second-order valence-corrected chi connectivity index (χ2v) is 5.65. The molecule has 0 saturated carbocycles. The third-order valence-corrected chi connectivity index (χ3v) is 4.05. The topological polar surface area (TPSA) is 39.1 Å². The first-order chi connectivity index (χ1) is 9.56. The predicted molar refractivity (Wildman–Crippen MR) is 85.7 cm³/mol. The lowest BCUT2D eigenvalue weighted by molar-refractivity contribution is 0.416. The highest BCUT2D eigenvalue weighted by molar-refractivity contribution is 9.10. The maximum atomic E-state index is 6.30. The number of nitrogens with one attached hydrogen (secondary N) is 1. The zero-order chi connectivity index (χ0) is 14.7. The summed E-state index contributed by atoms with van der Waals surface area (Å²) in [5.74, 6) is 0.795. The molecule has 0 fully saturated rings. The summed E-state index contributed by atoms with van der Waals surface area (Å²) in [5, 5.41) is 8.47. The van der Waals surface area contributed by atoms with Crippen molar-refractivity contribution in [1.82, 2.24) is 9.78 Å². The first-order valence-electron chi connectivity index (χ1n) is 6.36. The van der Waals surface area contributed by atoms with Crippen molar-refractivity contribution < 1.29 is 4.74 Å². The van der Waals surface area contributed by atoms with Crippen molar-refractivity contribution in [3.8, 4) is 5.75 Å². The molecular formula is C14H17BrClN3O. The second kappa shape index (κ2) is 6.50. The van der Waals surface area contributed by atoms with Gasteiger partial charge in [0.2, 0.25) is 0 Å². The third kappa shape index (κ3) is 3.10. The van der Waals surface area contributed by atoms with Gasteiger partial charge in [-0.2, -0.15) is 5.10 Å². The van der Waals surface area contributed by atoms with Crippen molar-refractivity contribution in [3.05, 3.63) is 39.1 Å². The fourth-order valence-corrected chi connectivity index (χ4v) is 2.60. The Bertz CT molecular complexity index is 613. The lowest BCUT2D eigenvalue weighted by atomic mass is 10.2. The Kier molecular flexibility index (Phi) is 4.94. The number of rotatable bonds is 5. The Labute approximate surface area is 132 Å². The molecule has 20 heavy (non-hydrogen) atoms. The molecule has 0 aliphatic rings. The zero-order valence-electron chi connectivity index (χ0n) is 11.7. The maximum absolute atomic E-state index is 6.30. The van der Waals surface area contributed by atoms with Gasteiger partial charge in [-0.15, -0.1) is 0 Å². The van der Waals surface area contributed by atoms with E-state index in [1.807, 2.05) is 36.7 Å². The number of benzene rings is 1. The SMILES string of the molecule is CCn1nc(C)c(Cl)c1CNc1cc(Br)ccc1OC. The van der Waals surface area contributed by atoms with Crippen LogP contribution < -0.4 is 10.1 Å². The monoisotopic (exact) mass is 357 g/mol. The fraction of sp³-hybridized carbons (Fsp3) is 0.357. The average molecular weight is 359 g/mol. The average Bonchev–Trinajstić information content (AvgIpc) is 2.72. The van der Waals surface area contributed by atoms with Crippen molar-refractivity contribution in [1.29, 1.82) is 0 Å². The van der Waals surface area contributed by atoms with Crippen LogP contribution >= 0.6 is 27.5 Å². The van der Waals surface area contributed by atoms with E-state index < -0.39 is 0 Å². The van der Waals surface area contributed by atoms with Crippen molar-refractivity contribution in [2.45, 2.75) is 26.9 Å². The van der Waals surface area contributed by atoms with Gasteiger partial charge in [0.1, 0.15) is 5.75 Å². The Hall–Kier alpha value is -1.20. The standard InChI is InChI=1S/C14H17BrClN3O/c1-4-19-12(14(16)9(2)18-19)8-17-11-7-10(15)5-6-13(11)20-3/h5-7,17H,4,8H2,1-3H3. The predicted octanol–water partition coefficient (Wildman–Crippen LogP) is 4.25. The van der Waals surface area contributed by atoms with E-state index in [1.54, 1.807) is 7.11 Å². The van der Waals surface area contributed by atoms with Crippen LogP contribution in [0, 0.1) is 6.92 Å². The van der Waals surface area contributed by atoms with Gasteiger partial charge in [-0.3, -0.25) is 4.68 Å². The van der Waals surface area contributed by atoms with Gasteiger partial charge in [0.25, 0.3) is 0 Å². The Balaban J connectivity index is 2.23. The molecule has 0 spiro atoms. The van der Waals surface area contributed by atoms with Gasteiger partial charge < -0.3 is 10.1 Å². The van der Waals surface area contributed by atoms with Crippen molar-refractivity contribution in [2.75, 3.05) is 12.4 Å². The van der Waals surface area contributed by atoms with Crippen molar-refractivity contribution >= 4 is 33.2 Å². The van der Waals surface area contributed by atoms with Gasteiger partial charge in [0.15, 0.2) is 0 Å². The van der Waals surface area contributed by atoms with Gasteiger partial charge in [-0.1, -0.05) is 27.5 Å². The number of methoxy groups -OCH3 is 1. The second-order valence-electron chi connectivity index (χ2n) is 4.36. The van der Waals surface area contributed by atoms with Gasteiger partial charge >= 0.3 is 0 Å². The minimum absolute atomic E-state index is 0.598. The highest BCUT2D eigenvalue weighted by Gasteiger charge is 2.13. The Morgan fingerprint density at radius 3 is 2.85 bits per heavy atom. The summed E-state index contributed by atoms with van der Waals surface area (Å²) in [6, 6.07) is 5.83. The molecule has 1 aromatic carbocycles. The quantitative estimate of drug-likeness (QED) is 0.868. The number of anilines is 1. The van der Waals surface area contributed by atoms with Crippen molar-refractivity contribution in [2.24, 2.45) is 0 Å². The maximum Gasteiger partial charge on any atom is 0.142 e. The lowest BCUT2D eigenvalue weighted by Crippen LogP contribution is -2.09. The van der Waals surface area contributed by atoms with Gasteiger partial charge in [0, 0.05) is 11.0 Å². The largest absolute Gasteiger partial charge is 0.495 e. The molecule has 4 nitrogen and oxygen atoms in total. The van der Waals surface area contributed by atoms with E-state index in [0.717, 1.165) is 33.8 Å². The first kappa shape index (κ1) is 15.2. The molecule has 108 valence electrons. The summed E-state index contributed by atoms with van der Waals surface area (Å²) in [6.45, 7) is 5.35. The summed E-state index contributed by atoms with van der Waals surface area (Å²) < 4.78 is 8.25. The smallest absolute Gasteiger partial charge is 0.142 e. The molecule has 6 heteroatoms. The van der Waals surface area contributed by atoms with E-state index in [2.05, 4.69) is 26.3 Å². The van der Waals surface area contributed by atoms with Gasteiger partial charge in [-0.05, 0) is 32.0 Å². The first-order valence-corrected chi connectivity index (χ1v) is 7.53. The highest BCUT2D eigenvalue weighted by atomic mass is 79.9. The molecule has 1 N–H and O–H groups in total. The molecule has 1 heterocycles. The molecule has 0 aliphatic carbocycles. The van der Waals surface area contributed by atoms with E-state index in [-0.39, 0.29) is 0 Å². The van der Waals surface area contributed by atoms with Crippen LogP contribution in [0.25, 0.3) is 0 Å². The minimum atomic E-state index is 0.598. The van der Waals surface area contributed by atoms with Gasteiger partial charge in [0.05, 0.1) is 35.8 Å². The van der Waals surface area contributed by atoms with E-state index in [1.165, 1.54) is 0 Å². The van der Waals surface area contributed by atoms with Crippen LogP contribution in [0.2, 0.25) is 5.02 Å². The van der Waals surface area contributed by atoms with E-state index in [4.69, 9.17) is 16.3 Å². The van der Waals surface area contributed by atoms with Crippen LogP contribution in [0.1, 0.15) is 18.3 Å². The summed E-state index contributed by atoms with van der Waals surface area (Å²) >= 11 is 9.76. The molecule has 2 aromatic rings. The van der Waals surface area contributed by atoms with Crippen LogP contribution in [0.4, 0.5) is 5.69 Å². The van der Waals surface area contributed by atoms with Crippen LogP contribution in [-0.2, 0) is 13.1 Å². The van der Waals surface area contributed by atoms with E-state index in [9.17, 15) is 0 Å². The normalized spacial score (nSPS) is 10.7. The molecule has 0 saturated heterocycles. The highest BCUT2D eigenvalue weighted by Crippen LogP contribution is 2.29. The number of hydrogen-bond donors (Lipinski definition) is 1. The summed E-state index contributed by atoms with van der Waals surface area (Å²) in [7, 11) is 1.65. The molecule has 0 unspecified atom stereocenters. The lowest BCUT2D eigenvalue weighted by Gasteiger charge is -2.12. The minimum Gasteiger partial charge on any atom is -0.495 e. The van der Waals surface area contributed by atoms with Crippen LogP contribution in [-0.4, -0.2) is 16.9 Å². The molecule has 0 bridgehead atoms. The molecule has 2 rings (SSSR count). The molecule has 0 atom stereocenters. The number of hydrogen-bond acceptors (Lipinski definition) is 3. The molecule has 0 amide bonds. The summed E-state index contributed by atoms with van der Waals surface area (Å²) in [4.78, 5) is 0. The summed E-state index contributed by atoms with van der Waals surface area (Å²) in [6.07, 6.45) is 0. The molecular weight excluding hydrogens is 342 g/mol. The third-order valence-electron chi connectivity index (χ3n) is 3.06. The van der Waals surface area contributed by atoms with Crippen LogP contribution in [0.15, 0.2) is 22.7 Å². The van der Waals surface area contributed by atoms with E-state index in [0.29, 0.717) is 11.6 Å². The van der Waals surface area contributed by atoms with Crippen LogP contribution in [0.5, 0.6) is 5.75 Å². The van der Waals surface area contributed by atoms with Crippen molar-refractivity contribution in [3.63, 3.8) is 0 Å². The van der Waals surface area contributed by atoms with Gasteiger partial charge in [-0.25, -0.2) is 0 Å².